The van der Waals surface area contributed by atoms with Gasteiger partial charge in [-0.3, -0.25) is 15.0 Å². The third kappa shape index (κ3) is 2.31. The summed E-state index contributed by atoms with van der Waals surface area (Å²) >= 11 is 0. The molecule has 1 aromatic rings. The maximum atomic E-state index is 10.8. The van der Waals surface area contributed by atoms with Crippen LogP contribution in [-0.4, -0.2) is 34.2 Å². The molecule has 2 atom stereocenters. The van der Waals surface area contributed by atoms with E-state index in [1.807, 2.05) is 0 Å². The number of carboxylic acid groups (broad SMARTS) is 1. The zero-order chi connectivity index (χ0) is 13.3. The highest BCUT2D eigenvalue weighted by molar-refractivity contribution is 5.72. The van der Waals surface area contributed by atoms with E-state index in [9.17, 15) is 14.9 Å². The minimum absolute atomic E-state index is 0.0142. The second-order valence-electron chi connectivity index (χ2n) is 4.08. The SMILES string of the molecule is CN1OC(C(=O)O)CC1c1cccc([N+](=O)[O-])c1. The number of carbonyl (C=O) groups is 1. The van der Waals surface area contributed by atoms with Gasteiger partial charge in [0.05, 0.1) is 11.0 Å². The van der Waals surface area contributed by atoms with E-state index in [2.05, 4.69) is 0 Å². The fourth-order valence-corrected chi connectivity index (χ4v) is 2.01. The van der Waals surface area contributed by atoms with Crippen molar-refractivity contribution in [2.45, 2.75) is 18.6 Å². The minimum atomic E-state index is -1.03. The molecule has 7 nitrogen and oxygen atoms in total. The molecule has 7 heteroatoms. The molecule has 1 aromatic carbocycles. The molecule has 1 saturated heterocycles. The summed E-state index contributed by atoms with van der Waals surface area (Å²) in [5, 5.41) is 21.0. The van der Waals surface area contributed by atoms with Gasteiger partial charge in [0.2, 0.25) is 0 Å². The van der Waals surface area contributed by atoms with Gasteiger partial charge in [0.15, 0.2) is 6.10 Å². The maximum absolute atomic E-state index is 10.8. The third-order valence-electron chi connectivity index (χ3n) is 2.91. The Morgan fingerprint density at radius 3 is 2.89 bits per heavy atom. The Morgan fingerprint density at radius 1 is 1.61 bits per heavy atom. The summed E-state index contributed by atoms with van der Waals surface area (Å²) in [7, 11) is 1.62. The predicted molar refractivity (Wildman–Crippen MR) is 60.7 cm³/mol. The molecule has 1 heterocycles. The molecule has 1 aliphatic rings. The van der Waals surface area contributed by atoms with Crippen LogP contribution in [0.2, 0.25) is 0 Å². The van der Waals surface area contributed by atoms with Crippen LogP contribution in [0.15, 0.2) is 24.3 Å². The van der Waals surface area contributed by atoms with Crippen LogP contribution in [0.25, 0.3) is 0 Å². The normalized spacial score (nSPS) is 24.1. The fourth-order valence-electron chi connectivity index (χ4n) is 2.01. The van der Waals surface area contributed by atoms with E-state index in [1.54, 1.807) is 19.2 Å². The largest absolute Gasteiger partial charge is 0.479 e. The lowest BCUT2D eigenvalue weighted by Gasteiger charge is -2.17. The first kappa shape index (κ1) is 12.5. The van der Waals surface area contributed by atoms with Gasteiger partial charge in [-0.1, -0.05) is 12.1 Å². The molecule has 1 aliphatic heterocycles. The highest BCUT2D eigenvalue weighted by Gasteiger charge is 2.36. The summed E-state index contributed by atoms with van der Waals surface area (Å²) in [4.78, 5) is 26.2. The van der Waals surface area contributed by atoms with Crippen molar-refractivity contribution in [3.63, 3.8) is 0 Å². The van der Waals surface area contributed by atoms with Crippen LogP contribution in [-0.2, 0) is 9.63 Å². The number of hydrogen-bond acceptors (Lipinski definition) is 5. The van der Waals surface area contributed by atoms with E-state index < -0.39 is 17.0 Å². The Kier molecular flexibility index (Phi) is 3.26. The molecule has 0 aliphatic carbocycles. The third-order valence-corrected chi connectivity index (χ3v) is 2.91. The molecule has 2 rings (SSSR count). The summed E-state index contributed by atoms with van der Waals surface area (Å²) in [6.07, 6.45) is -0.633. The van der Waals surface area contributed by atoms with Crippen molar-refractivity contribution in [3.05, 3.63) is 39.9 Å². The zero-order valence-corrected chi connectivity index (χ0v) is 9.65. The smallest absolute Gasteiger partial charge is 0.335 e. The van der Waals surface area contributed by atoms with E-state index in [4.69, 9.17) is 9.94 Å². The zero-order valence-electron chi connectivity index (χ0n) is 9.65. The molecule has 1 N–H and O–H groups in total. The number of aliphatic carboxylic acids is 1. The summed E-state index contributed by atoms with van der Waals surface area (Å²) in [6, 6.07) is 5.85. The first-order chi connectivity index (χ1) is 8.49. The topological polar surface area (TPSA) is 92.9 Å². The van der Waals surface area contributed by atoms with E-state index in [0.717, 1.165) is 0 Å². The lowest BCUT2D eigenvalue weighted by molar-refractivity contribution is -0.385. The number of benzene rings is 1. The molecule has 96 valence electrons. The van der Waals surface area contributed by atoms with E-state index in [0.29, 0.717) is 5.56 Å². The monoisotopic (exact) mass is 252 g/mol. The number of rotatable bonds is 3. The Morgan fingerprint density at radius 2 is 2.33 bits per heavy atom. The highest BCUT2D eigenvalue weighted by atomic mass is 16.7. The Bertz CT molecular complexity index is 490. The van der Waals surface area contributed by atoms with Gasteiger partial charge in [0.25, 0.3) is 5.69 Å². The van der Waals surface area contributed by atoms with Crippen molar-refractivity contribution in [1.82, 2.24) is 5.06 Å². The van der Waals surface area contributed by atoms with Gasteiger partial charge in [0.1, 0.15) is 0 Å². The molecule has 2 unspecified atom stereocenters. The van der Waals surface area contributed by atoms with E-state index >= 15 is 0 Å². The summed E-state index contributed by atoms with van der Waals surface area (Å²) < 4.78 is 0. The van der Waals surface area contributed by atoms with Crippen LogP contribution < -0.4 is 0 Å². The molecule has 0 bridgehead atoms. The Labute approximate surface area is 103 Å². The van der Waals surface area contributed by atoms with Crippen molar-refractivity contribution in [1.29, 1.82) is 0 Å². The number of nitrogens with zero attached hydrogens (tertiary/aromatic N) is 2. The second-order valence-corrected chi connectivity index (χ2v) is 4.08. The molecule has 0 spiro atoms. The number of nitro groups is 1. The van der Waals surface area contributed by atoms with Crippen molar-refractivity contribution < 1.29 is 19.7 Å². The number of hydrogen-bond donors (Lipinski definition) is 1. The van der Waals surface area contributed by atoms with E-state index in [-0.39, 0.29) is 18.2 Å². The van der Waals surface area contributed by atoms with Gasteiger partial charge in [0, 0.05) is 25.6 Å². The van der Waals surface area contributed by atoms with Gasteiger partial charge >= 0.3 is 5.97 Å². The standard InChI is InChI=1S/C11H12N2O5/c1-12-9(6-10(18-12)11(14)15)7-3-2-4-8(5-7)13(16)17/h2-5,9-10H,6H2,1H3,(H,14,15). The number of hydroxylamine groups is 2. The average Bonchev–Trinajstić information content (AvgIpc) is 2.72. The summed E-state index contributed by atoms with van der Waals surface area (Å²) in [5.74, 6) is -1.03. The van der Waals surface area contributed by atoms with Gasteiger partial charge in [-0.25, -0.2) is 4.79 Å². The summed E-state index contributed by atoms with van der Waals surface area (Å²) in [5.41, 5.74) is 0.662. The van der Waals surface area contributed by atoms with Crippen molar-refractivity contribution in [2.24, 2.45) is 0 Å². The molecule has 0 saturated carbocycles. The van der Waals surface area contributed by atoms with Crippen LogP contribution in [0.3, 0.4) is 0 Å². The van der Waals surface area contributed by atoms with Gasteiger partial charge in [-0.15, -0.1) is 0 Å². The van der Waals surface area contributed by atoms with Crippen molar-refractivity contribution in [2.75, 3.05) is 7.05 Å². The Hall–Kier alpha value is -1.99. The number of carboxylic acids is 1. The van der Waals surface area contributed by atoms with Gasteiger partial charge in [-0.05, 0) is 5.56 Å². The van der Waals surface area contributed by atoms with Crippen molar-refractivity contribution in [3.8, 4) is 0 Å². The number of non-ortho nitro benzene ring substituents is 1. The van der Waals surface area contributed by atoms with Crippen LogP contribution in [0.5, 0.6) is 0 Å². The van der Waals surface area contributed by atoms with Gasteiger partial charge < -0.3 is 5.11 Å². The lowest BCUT2D eigenvalue weighted by atomic mass is 10.0. The molecule has 1 fully saturated rings. The minimum Gasteiger partial charge on any atom is -0.479 e. The Balaban J connectivity index is 2.24. The van der Waals surface area contributed by atoms with Crippen LogP contribution >= 0.6 is 0 Å². The molecular weight excluding hydrogens is 240 g/mol. The predicted octanol–water partition coefficient (Wildman–Crippen LogP) is 1.36. The average molecular weight is 252 g/mol. The molecule has 0 aromatic heterocycles. The maximum Gasteiger partial charge on any atom is 0.335 e. The van der Waals surface area contributed by atoms with Gasteiger partial charge in [-0.2, -0.15) is 5.06 Å². The first-order valence-electron chi connectivity index (χ1n) is 5.36. The molecule has 0 radical (unpaired) electrons. The van der Waals surface area contributed by atoms with Crippen LogP contribution in [0.4, 0.5) is 5.69 Å². The second kappa shape index (κ2) is 4.71. The van der Waals surface area contributed by atoms with Crippen LogP contribution in [0.1, 0.15) is 18.0 Å². The van der Waals surface area contributed by atoms with E-state index in [1.165, 1.54) is 17.2 Å². The van der Waals surface area contributed by atoms with Crippen molar-refractivity contribution >= 4 is 11.7 Å². The lowest BCUT2D eigenvalue weighted by Crippen LogP contribution is -2.21. The molecule has 0 amide bonds. The summed E-state index contributed by atoms with van der Waals surface area (Å²) in [6.45, 7) is 0. The molecule has 18 heavy (non-hydrogen) atoms. The molecular formula is C11H12N2O5. The quantitative estimate of drug-likeness (QED) is 0.644. The van der Waals surface area contributed by atoms with Crippen LogP contribution in [0, 0.1) is 10.1 Å². The number of nitro benzene ring substituents is 1. The fraction of sp³-hybridized carbons (Fsp3) is 0.364. The highest BCUT2D eigenvalue weighted by Crippen LogP contribution is 2.33. The first-order valence-corrected chi connectivity index (χ1v) is 5.36.